The molecule has 1 heterocycles. The van der Waals surface area contributed by atoms with Gasteiger partial charge in [0.2, 0.25) is 9.84 Å². The van der Waals surface area contributed by atoms with Gasteiger partial charge >= 0.3 is 5.97 Å². The van der Waals surface area contributed by atoms with Gasteiger partial charge in [0.15, 0.2) is 14.6 Å². The van der Waals surface area contributed by atoms with Crippen molar-refractivity contribution in [3.05, 3.63) is 70.0 Å². The number of aromatic amines is 2. The number of hydrogen-bond acceptors (Lipinski definition) is 9. The van der Waals surface area contributed by atoms with Gasteiger partial charge in [-0.05, 0) is 94.4 Å². The number of carbonyl (C=O) groups is 1. The van der Waals surface area contributed by atoms with Crippen LogP contribution in [-0.4, -0.2) is 58.8 Å². The number of benzene rings is 3. The summed E-state index contributed by atoms with van der Waals surface area (Å²) in [5.74, 6) is -0.435. The third kappa shape index (κ3) is 6.78. The van der Waals surface area contributed by atoms with Crippen LogP contribution in [0, 0.1) is 31.0 Å². The third-order valence-electron chi connectivity index (χ3n) is 6.92. The fourth-order valence-electron chi connectivity index (χ4n) is 4.63. The molecule has 0 atom stereocenters. The van der Waals surface area contributed by atoms with Crippen LogP contribution in [0.25, 0.3) is 11.0 Å². The third-order valence-corrected chi connectivity index (χ3v) is 10.9. The SMILES string of the molecule is COc1ccc2[nH]c(=S)[nH]c2c1S(=O)(=O)c1c(C)cc(OCC(C)(C)C(=O)OCCS(=O)(=O)c2ccc(C)cc2)cc1C. The number of hydrogen-bond donors (Lipinski definition) is 2. The van der Waals surface area contributed by atoms with Gasteiger partial charge in [-0.15, -0.1) is 0 Å². The maximum Gasteiger partial charge on any atom is 0.315 e. The van der Waals surface area contributed by atoms with Crippen molar-refractivity contribution in [2.75, 3.05) is 26.1 Å². The maximum absolute atomic E-state index is 14.0. The lowest BCUT2D eigenvalue weighted by molar-refractivity contribution is -0.154. The first-order chi connectivity index (χ1) is 20.1. The highest BCUT2D eigenvalue weighted by atomic mass is 32.2. The molecule has 13 heteroatoms. The number of ether oxygens (including phenoxy) is 3. The molecule has 0 saturated heterocycles. The fraction of sp³-hybridized carbons (Fsp3) is 0.333. The maximum atomic E-state index is 14.0. The Hall–Kier alpha value is -3.68. The van der Waals surface area contributed by atoms with Gasteiger partial charge in [0, 0.05) is 0 Å². The lowest BCUT2D eigenvalue weighted by atomic mass is 9.95. The molecule has 10 nitrogen and oxygen atoms in total. The minimum atomic E-state index is -4.08. The molecular weight excluding hydrogens is 613 g/mol. The molecule has 0 spiro atoms. The number of aromatic nitrogens is 2. The first-order valence-electron chi connectivity index (χ1n) is 13.3. The van der Waals surface area contributed by atoms with Gasteiger partial charge in [0.1, 0.15) is 29.6 Å². The van der Waals surface area contributed by atoms with E-state index in [1.54, 1.807) is 64.1 Å². The number of aryl methyl sites for hydroxylation is 3. The minimum Gasteiger partial charge on any atom is -0.495 e. The lowest BCUT2D eigenvalue weighted by Gasteiger charge is -2.23. The van der Waals surface area contributed by atoms with Gasteiger partial charge in [-0.1, -0.05) is 17.7 Å². The van der Waals surface area contributed by atoms with Gasteiger partial charge in [-0.3, -0.25) is 4.79 Å². The Morgan fingerprint density at radius 2 is 1.53 bits per heavy atom. The summed E-state index contributed by atoms with van der Waals surface area (Å²) < 4.78 is 70.0. The summed E-state index contributed by atoms with van der Waals surface area (Å²) in [4.78, 5) is 18.9. The predicted molar refractivity (Wildman–Crippen MR) is 165 cm³/mol. The zero-order valence-electron chi connectivity index (χ0n) is 24.7. The number of esters is 1. The fourth-order valence-corrected chi connectivity index (χ4v) is 7.95. The second-order valence-corrected chi connectivity index (χ2v) is 15.3. The van der Waals surface area contributed by atoms with Crippen LogP contribution in [-0.2, 0) is 29.2 Å². The first-order valence-corrected chi connectivity index (χ1v) is 16.9. The molecular formula is C30H34N2O8S3. The van der Waals surface area contributed by atoms with E-state index in [1.807, 2.05) is 6.92 Å². The van der Waals surface area contributed by atoms with Crippen LogP contribution in [0.5, 0.6) is 11.5 Å². The molecule has 230 valence electrons. The van der Waals surface area contributed by atoms with Gasteiger partial charge in [0.05, 0.1) is 39.1 Å². The number of H-pyrrole nitrogens is 2. The van der Waals surface area contributed by atoms with Crippen molar-refractivity contribution in [1.29, 1.82) is 0 Å². The topological polar surface area (TPSA) is 145 Å². The highest BCUT2D eigenvalue weighted by molar-refractivity contribution is 7.92. The Morgan fingerprint density at radius 1 is 0.907 bits per heavy atom. The summed E-state index contributed by atoms with van der Waals surface area (Å²) in [6.45, 7) is 8.03. The number of imidazole rings is 1. The van der Waals surface area contributed by atoms with E-state index in [-0.39, 0.29) is 44.2 Å². The highest BCUT2D eigenvalue weighted by Crippen LogP contribution is 2.38. The van der Waals surface area contributed by atoms with E-state index in [0.29, 0.717) is 27.9 Å². The Labute approximate surface area is 256 Å². The van der Waals surface area contributed by atoms with E-state index in [9.17, 15) is 21.6 Å². The summed E-state index contributed by atoms with van der Waals surface area (Å²) in [6, 6.07) is 12.9. The molecule has 0 radical (unpaired) electrons. The van der Waals surface area contributed by atoms with Crippen LogP contribution in [0.1, 0.15) is 30.5 Å². The number of carbonyl (C=O) groups excluding carboxylic acids is 1. The normalized spacial score (nSPS) is 12.3. The molecule has 0 amide bonds. The molecule has 3 aromatic carbocycles. The van der Waals surface area contributed by atoms with Crippen LogP contribution in [0.2, 0.25) is 0 Å². The van der Waals surface area contributed by atoms with Gasteiger partial charge in [-0.2, -0.15) is 0 Å². The van der Waals surface area contributed by atoms with Gasteiger partial charge in [0.25, 0.3) is 0 Å². The summed E-state index contributed by atoms with van der Waals surface area (Å²) in [5, 5.41) is 0. The van der Waals surface area contributed by atoms with Crippen LogP contribution in [0.3, 0.4) is 0 Å². The zero-order chi connectivity index (χ0) is 31.7. The molecule has 0 bridgehead atoms. The molecule has 0 fully saturated rings. The quantitative estimate of drug-likeness (QED) is 0.161. The number of nitrogens with one attached hydrogen (secondary N) is 2. The molecule has 0 unspecified atom stereocenters. The second kappa shape index (κ2) is 12.1. The Morgan fingerprint density at radius 3 is 2.14 bits per heavy atom. The molecule has 4 rings (SSSR count). The Balaban J connectivity index is 1.48. The lowest BCUT2D eigenvalue weighted by Crippen LogP contribution is -2.34. The Kier molecular flexibility index (Phi) is 9.10. The van der Waals surface area contributed by atoms with Crippen LogP contribution < -0.4 is 9.47 Å². The summed E-state index contributed by atoms with van der Waals surface area (Å²) >= 11 is 5.18. The molecule has 0 aliphatic heterocycles. The molecule has 0 aliphatic rings. The first kappa shape index (κ1) is 32.2. The van der Waals surface area contributed by atoms with Crippen molar-refractivity contribution in [2.45, 2.75) is 49.3 Å². The summed E-state index contributed by atoms with van der Waals surface area (Å²) in [5.41, 5.74) is 1.54. The zero-order valence-corrected chi connectivity index (χ0v) is 27.2. The monoisotopic (exact) mass is 646 g/mol. The molecule has 0 aliphatic carbocycles. The second-order valence-electron chi connectivity index (χ2n) is 10.9. The molecule has 1 aromatic heterocycles. The van der Waals surface area contributed by atoms with E-state index in [4.69, 9.17) is 26.4 Å². The molecule has 4 aromatic rings. The van der Waals surface area contributed by atoms with Crippen molar-refractivity contribution in [3.63, 3.8) is 0 Å². The van der Waals surface area contributed by atoms with Crippen molar-refractivity contribution in [1.82, 2.24) is 9.97 Å². The molecule has 0 saturated carbocycles. The van der Waals surface area contributed by atoms with Crippen molar-refractivity contribution in [2.24, 2.45) is 5.41 Å². The Bertz CT molecular complexity index is 1930. The predicted octanol–water partition coefficient (Wildman–Crippen LogP) is 5.41. The number of methoxy groups -OCH3 is 1. The smallest absolute Gasteiger partial charge is 0.315 e. The number of fused-ring (bicyclic) bond motifs is 1. The van der Waals surface area contributed by atoms with Crippen molar-refractivity contribution < 1.29 is 35.8 Å². The van der Waals surface area contributed by atoms with Gasteiger partial charge in [-0.25, -0.2) is 16.8 Å². The van der Waals surface area contributed by atoms with E-state index >= 15 is 0 Å². The summed E-state index contributed by atoms with van der Waals surface area (Å²) in [6.07, 6.45) is 0. The molecule has 43 heavy (non-hydrogen) atoms. The molecule has 2 N–H and O–H groups in total. The average Bonchev–Trinajstić information content (AvgIpc) is 3.30. The average molecular weight is 647 g/mol. The van der Waals surface area contributed by atoms with Gasteiger partial charge < -0.3 is 24.2 Å². The number of rotatable bonds is 11. The van der Waals surface area contributed by atoms with Crippen molar-refractivity contribution >= 4 is 48.9 Å². The van der Waals surface area contributed by atoms with Crippen LogP contribution >= 0.6 is 12.2 Å². The highest BCUT2D eigenvalue weighted by Gasteiger charge is 2.33. The standard InChI is InChI=1S/C30H34N2O8S3/c1-18-7-9-22(10-8-18)42(34,35)14-13-39-28(33)30(4,5)17-40-21-15-19(2)26(20(3)16-21)43(36,37)27-24(38-6)12-11-23-25(27)32-29(41)31-23/h7-12,15-16H,13-14,17H2,1-6H3,(H2,31,32,41). The number of sulfone groups is 2. The van der Waals surface area contributed by atoms with Crippen LogP contribution in [0.15, 0.2) is 63.2 Å². The van der Waals surface area contributed by atoms with E-state index < -0.39 is 31.1 Å². The van der Waals surface area contributed by atoms with E-state index in [2.05, 4.69) is 9.97 Å². The van der Waals surface area contributed by atoms with E-state index in [0.717, 1.165) is 5.56 Å². The van der Waals surface area contributed by atoms with E-state index in [1.165, 1.54) is 19.2 Å². The summed E-state index contributed by atoms with van der Waals surface area (Å²) in [7, 11) is -6.29. The van der Waals surface area contributed by atoms with Crippen molar-refractivity contribution in [3.8, 4) is 11.5 Å². The minimum absolute atomic E-state index is 0.0343. The van der Waals surface area contributed by atoms with Crippen LogP contribution in [0.4, 0.5) is 0 Å². The largest absolute Gasteiger partial charge is 0.495 e.